The highest BCUT2D eigenvalue weighted by Gasteiger charge is 2.50. The Morgan fingerprint density at radius 2 is 2.02 bits per heavy atom. The Balaban J connectivity index is 1.17. The molecule has 16 heteroatoms. The zero-order valence-corrected chi connectivity index (χ0v) is 29.9. The second-order valence-electron chi connectivity index (χ2n) is 14.3. The van der Waals surface area contributed by atoms with E-state index in [1.807, 2.05) is 30.0 Å². The number of benzene rings is 2. The third-order valence-corrected chi connectivity index (χ3v) is 11.6. The third-order valence-electron chi connectivity index (χ3n) is 10.4. The maximum atomic E-state index is 17.0. The van der Waals surface area contributed by atoms with Gasteiger partial charge in [-0.25, -0.2) is 18.2 Å². The van der Waals surface area contributed by atoms with Crippen molar-refractivity contribution in [2.45, 2.75) is 36.6 Å². The smallest absolute Gasteiger partial charge is 0.319 e. The molecule has 11 nitrogen and oxygen atoms in total. The lowest BCUT2D eigenvalue weighted by Gasteiger charge is -2.53. The number of aromatic nitrogens is 3. The summed E-state index contributed by atoms with van der Waals surface area (Å²) in [5.74, 6) is -0.958. The molecule has 0 bridgehead atoms. The largest absolute Gasteiger partial charge is 0.461 e. The van der Waals surface area contributed by atoms with Crippen LogP contribution in [-0.2, 0) is 9.53 Å². The molecule has 2 atom stereocenters. The fourth-order valence-corrected chi connectivity index (χ4v) is 9.10. The van der Waals surface area contributed by atoms with Crippen LogP contribution >= 0.6 is 22.9 Å². The number of amides is 1. The first-order valence-corrected chi connectivity index (χ1v) is 18.2. The van der Waals surface area contributed by atoms with Crippen LogP contribution in [0.1, 0.15) is 19.3 Å². The van der Waals surface area contributed by atoms with Crippen LogP contribution in [0.15, 0.2) is 30.4 Å². The van der Waals surface area contributed by atoms with E-state index in [0.717, 1.165) is 30.7 Å². The standard InChI is InChI=1S/C35H38ClF3N8O3S/c1-44(2)9-3-5-25(48)46-17-35(18-46)16-45(11-12-50-35)31-22-13-23(36)26(21-6-7-24(38)30-29(21)41-32(40)51-30)27(39)28(22)42-33(43-31)49-19-34-8-4-10-47(34)15-20(37)14-34/h3,5-7,13,20H,4,8-12,14-19H2,1-2H3,(H2,40,41)/b5-3+/t20-,34+/m1/s1. The van der Waals surface area contributed by atoms with Crippen molar-refractivity contribution < 1.29 is 27.4 Å². The number of morpholine rings is 1. The highest BCUT2D eigenvalue weighted by Crippen LogP contribution is 2.44. The molecule has 1 amide bonds. The average Bonchev–Trinajstić information content (AvgIpc) is 3.75. The van der Waals surface area contributed by atoms with Crippen LogP contribution in [0.2, 0.25) is 5.02 Å². The minimum atomic E-state index is -0.946. The minimum absolute atomic E-state index is 0.000564. The minimum Gasteiger partial charge on any atom is -0.461 e. The second-order valence-corrected chi connectivity index (χ2v) is 15.7. The molecule has 0 unspecified atom stereocenters. The Morgan fingerprint density at radius 1 is 1.20 bits per heavy atom. The van der Waals surface area contributed by atoms with Gasteiger partial charge >= 0.3 is 6.01 Å². The number of fused-ring (bicyclic) bond motifs is 3. The molecule has 8 rings (SSSR count). The van der Waals surface area contributed by atoms with Crippen molar-refractivity contribution in [1.82, 2.24) is 29.7 Å². The summed E-state index contributed by atoms with van der Waals surface area (Å²) >= 11 is 7.82. The summed E-state index contributed by atoms with van der Waals surface area (Å²) in [6.45, 7) is 3.90. The number of thiazole rings is 1. The summed E-state index contributed by atoms with van der Waals surface area (Å²) in [7, 11) is 3.86. The zero-order chi connectivity index (χ0) is 35.7. The summed E-state index contributed by atoms with van der Waals surface area (Å²) in [6.07, 6.45) is 4.53. The first kappa shape index (κ1) is 34.3. The van der Waals surface area contributed by atoms with Crippen molar-refractivity contribution in [3.63, 3.8) is 0 Å². The number of halogens is 4. The molecule has 51 heavy (non-hydrogen) atoms. The number of carbonyl (C=O) groups is 1. The quantitative estimate of drug-likeness (QED) is 0.250. The summed E-state index contributed by atoms with van der Waals surface area (Å²) in [5, 5.41) is 0.552. The monoisotopic (exact) mass is 742 g/mol. The van der Waals surface area contributed by atoms with E-state index >= 15 is 4.39 Å². The number of alkyl halides is 1. The molecule has 6 heterocycles. The maximum absolute atomic E-state index is 17.0. The average molecular weight is 743 g/mol. The van der Waals surface area contributed by atoms with Crippen LogP contribution in [0.25, 0.3) is 32.2 Å². The highest BCUT2D eigenvalue weighted by atomic mass is 35.5. The molecule has 0 aliphatic carbocycles. The normalized spacial score (nSPS) is 23.3. The number of carbonyl (C=O) groups excluding carboxylic acids is 1. The first-order chi connectivity index (χ1) is 24.4. The Hall–Kier alpha value is -3.76. The second kappa shape index (κ2) is 13.0. The summed E-state index contributed by atoms with van der Waals surface area (Å²) in [5.41, 5.74) is 5.24. The number of anilines is 2. The molecule has 2 aromatic carbocycles. The lowest BCUT2D eigenvalue weighted by molar-refractivity contribution is -0.167. The number of nitrogens with two attached hydrogens (primary N) is 1. The Kier molecular flexibility index (Phi) is 8.77. The van der Waals surface area contributed by atoms with Crippen LogP contribution in [0, 0.1) is 11.6 Å². The molecular weight excluding hydrogens is 705 g/mol. The van der Waals surface area contributed by atoms with E-state index in [1.165, 1.54) is 12.1 Å². The predicted octanol–water partition coefficient (Wildman–Crippen LogP) is 4.91. The molecule has 4 saturated heterocycles. The SMILES string of the molecule is CN(C)C/C=C/C(=O)N1CC2(C1)CN(c1nc(OC[C@@]34CCCN3C[C@H](F)C4)nc3c(F)c(-c4ccc(F)c5sc(N)nc45)c(Cl)cc13)CCO2. The maximum Gasteiger partial charge on any atom is 0.319 e. The Morgan fingerprint density at radius 3 is 2.82 bits per heavy atom. The van der Waals surface area contributed by atoms with Gasteiger partial charge in [0.25, 0.3) is 0 Å². The van der Waals surface area contributed by atoms with Crippen LogP contribution in [0.5, 0.6) is 6.01 Å². The van der Waals surface area contributed by atoms with Gasteiger partial charge in [0.2, 0.25) is 5.91 Å². The van der Waals surface area contributed by atoms with Gasteiger partial charge in [0.1, 0.15) is 35.5 Å². The molecule has 0 saturated carbocycles. The van der Waals surface area contributed by atoms with E-state index in [-0.39, 0.29) is 55.5 Å². The van der Waals surface area contributed by atoms with E-state index in [2.05, 4.69) is 14.9 Å². The number of hydrogen-bond acceptors (Lipinski definition) is 11. The number of ether oxygens (including phenoxy) is 2. The van der Waals surface area contributed by atoms with E-state index < -0.39 is 28.9 Å². The van der Waals surface area contributed by atoms with Gasteiger partial charge in [-0.2, -0.15) is 9.97 Å². The Bertz CT molecular complexity index is 2060. The summed E-state index contributed by atoms with van der Waals surface area (Å²) in [6, 6.07) is 4.22. The van der Waals surface area contributed by atoms with Gasteiger partial charge in [0.15, 0.2) is 10.9 Å². The van der Waals surface area contributed by atoms with Crippen LogP contribution in [0.3, 0.4) is 0 Å². The third kappa shape index (κ3) is 6.16. The van der Waals surface area contributed by atoms with Gasteiger partial charge in [-0.15, -0.1) is 0 Å². The molecule has 2 N–H and O–H groups in total. The number of rotatable bonds is 8. The van der Waals surface area contributed by atoms with Crippen molar-refractivity contribution in [3.8, 4) is 17.1 Å². The molecule has 270 valence electrons. The van der Waals surface area contributed by atoms with Crippen LogP contribution < -0.4 is 15.4 Å². The molecule has 4 aliphatic rings. The van der Waals surface area contributed by atoms with E-state index in [1.54, 1.807) is 17.0 Å². The molecule has 0 radical (unpaired) electrons. The van der Waals surface area contributed by atoms with Gasteiger partial charge < -0.3 is 29.9 Å². The summed E-state index contributed by atoms with van der Waals surface area (Å²) < 4.78 is 59.0. The number of nitrogens with zero attached hydrogens (tertiary/aromatic N) is 7. The van der Waals surface area contributed by atoms with Crippen molar-refractivity contribution >= 4 is 60.9 Å². The molecule has 4 fully saturated rings. The zero-order valence-electron chi connectivity index (χ0n) is 28.3. The van der Waals surface area contributed by atoms with Crippen molar-refractivity contribution in [1.29, 1.82) is 0 Å². The molecule has 2 aromatic heterocycles. The van der Waals surface area contributed by atoms with E-state index in [0.29, 0.717) is 63.5 Å². The molecule has 1 spiro atoms. The fourth-order valence-electron chi connectivity index (χ4n) is 8.05. The van der Waals surface area contributed by atoms with Crippen molar-refractivity contribution in [3.05, 3.63) is 47.0 Å². The molecule has 4 aliphatic heterocycles. The Labute approximate surface area is 301 Å². The number of likely N-dealkylation sites (N-methyl/N-ethyl adjacent to an activating group) is 1. The van der Waals surface area contributed by atoms with Gasteiger partial charge in [-0.05, 0) is 51.7 Å². The van der Waals surface area contributed by atoms with E-state index in [9.17, 15) is 13.6 Å². The van der Waals surface area contributed by atoms with Gasteiger partial charge in [-0.1, -0.05) is 29.0 Å². The lowest BCUT2D eigenvalue weighted by Crippen LogP contribution is -2.71. The van der Waals surface area contributed by atoms with Crippen molar-refractivity contribution in [2.24, 2.45) is 0 Å². The van der Waals surface area contributed by atoms with Crippen LogP contribution in [-0.4, -0.2) is 126 Å². The summed E-state index contributed by atoms with van der Waals surface area (Å²) in [4.78, 5) is 34.3. The fraction of sp³-hybridized carbons (Fsp3) is 0.486. The first-order valence-electron chi connectivity index (χ1n) is 17.0. The van der Waals surface area contributed by atoms with Gasteiger partial charge in [-0.3, -0.25) is 9.69 Å². The topological polar surface area (TPSA) is 113 Å². The van der Waals surface area contributed by atoms with Crippen molar-refractivity contribution in [2.75, 3.05) is 83.8 Å². The molecular formula is C35H38ClF3N8O3S. The number of nitrogen functional groups attached to an aromatic ring is 1. The predicted molar refractivity (Wildman–Crippen MR) is 191 cm³/mol. The van der Waals surface area contributed by atoms with Gasteiger partial charge in [0.05, 0.1) is 47.0 Å². The van der Waals surface area contributed by atoms with Crippen LogP contribution in [0.4, 0.5) is 24.1 Å². The highest BCUT2D eigenvalue weighted by molar-refractivity contribution is 7.22. The number of hydrogen-bond donors (Lipinski definition) is 1. The van der Waals surface area contributed by atoms with E-state index in [4.69, 9.17) is 31.8 Å². The van der Waals surface area contributed by atoms with Gasteiger partial charge in [0, 0.05) is 48.6 Å². The number of likely N-dealkylation sites (tertiary alicyclic amines) is 1. The molecule has 4 aromatic rings. The lowest BCUT2D eigenvalue weighted by atomic mass is 9.91.